The number of halogens is 1. The maximum Gasteiger partial charge on any atom is 0.283 e. The van der Waals surface area contributed by atoms with E-state index in [0.717, 1.165) is 63.3 Å². The summed E-state index contributed by atoms with van der Waals surface area (Å²) in [5, 5.41) is 4.32. The number of nitrogens with two attached hydrogens (primary N) is 1. The van der Waals surface area contributed by atoms with Gasteiger partial charge in [0.2, 0.25) is 0 Å². The minimum atomic E-state index is -0.0231. The number of piperidine rings is 1. The van der Waals surface area contributed by atoms with Crippen molar-refractivity contribution in [2.45, 2.75) is 45.6 Å². The fraction of sp³-hybridized carbons (Fsp3) is 0.733. The van der Waals surface area contributed by atoms with Crippen LogP contribution in [0, 0.1) is 5.92 Å². The number of unbranched alkanes of at least 4 members (excludes halogenated alkanes) is 1. The van der Waals surface area contributed by atoms with Gasteiger partial charge in [-0.25, -0.2) is 4.68 Å². The van der Waals surface area contributed by atoms with Crippen molar-refractivity contribution in [2.24, 2.45) is 11.7 Å². The maximum absolute atomic E-state index is 12.3. The Morgan fingerprint density at radius 1 is 1.43 bits per heavy atom. The van der Waals surface area contributed by atoms with E-state index in [0.29, 0.717) is 11.0 Å². The Bertz CT molecular complexity index is 509. The first kappa shape index (κ1) is 16.5. The molecule has 1 aromatic rings. The van der Waals surface area contributed by atoms with Crippen LogP contribution in [0.1, 0.15) is 39.0 Å². The molecule has 1 saturated heterocycles. The van der Waals surface area contributed by atoms with Gasteiger partial charge in [-0.1, -0.05) is 13.3 Å². The molecule has 2 rings (SSSR count). The first-order valence-electron chi connectivity index (χ1n) is 7.88. The van der Waals surface area contributed by atoms with Crippen LogP contribution in [-0.2, 0) is 6.54 Å². The molecule has 2 heterocycles. The van der Waals surface area contributed by atoms with E-state index in [1.165, 1.54) is 0 Å². The van der Waals surface area contributed by atoms with Crippen molar-refractivity contribution < 1.29 is 0 Å². The van der Waals surface area contributed by atoms with E-state index in [9.17, 15) is 4.79 Å². The van der Waals surface area contributed by atoms with Crippen molar-refractivity contribution >= 4 is 21.6 Å². The van der Waals surface area contributed by atoms with E-state index in [-0.39, 0.29) is 5.56 Å². The molecule has 0 bridgehead atoms. The summed E-state index contributed by atoms with van der Waals surface area (Å²) in [4.78, 5) is 14.6. The lowest BCUT2D eigenvalue weighted by Gasteiger charge is -2.33. The molecule has 1 fully saturated rings. The fourth-order valence-electron chi connectivity index (χ4n) is 2.84. The normalized spacial score (nSPS) is 16.4. The van der Waals surface area contributed by atoms with Crippen molar-refractivity contribution in [3.05, 3.63) is 21.0 Å². The molecule has 0 amide bonds. The zero-order valence-electron chi connectivity index (χ0n) is 12.7. The largest absolute Gasteiger partial charge is 0.369 e. The topological polar surface area (TPSA) is 64.2 Å². The molecule has 2 N–H and O–H groups in total. The van der Waals surface area contributed by atoms with Crippen molar-refractivity contribution in [3.8, 4) is 0 Å². The van der Waals surface area contributed by atoms with E-state index in [1.807, 2.05) is 6.20 Å². The first-order valence-corrected chi connectivity index (χ1v) is 8.67. The Labute approximate surface area is 134 Å². The van der Waals surface area contributed by atoms with Crippen LogP contribution in [0.3, 0.4) is 0 Å². The number of hydrogen-bond donors (Lipinski definition) is 1. The third kappa shape index (κ3) is 4.07. The maximum atomic E-state index is 12.3. The SMILES string of the molecule is CCCCn1ncc(N2CCC(CCN)CC2)c(Br)c1=O. The summed E-state index contributed by atoms with van der Waals surface area (Å²) < 4.78 is 2.20. The van der Waals surface area contributed by atoms with E-state index in [4.69, 9.17) is 5.73 Å². The van der Waals surface area contributed by atoms with E-state index in [1.54, 1.807) is 4.68 Å². The minimum Gasteiger partial charge on any atom is -0.369 e. The molecule has 0 spiro atoms. The molecular formula is C15H25BrN4O. The number of aryl methyl sites for hydroxylation is 1. The smallest absolute Gasteiger partial charge is 0.283 e. The van der Waals surface area contributed by atoms with Gasteiger partial charge in [0, 0.05) is 19.6 Å². The molecular weight excluding hydrogens is 332 g/mol. The zero-order valence-corrected chi connectivity index (χ0v) is 14.3. The molecule has 0 saturated carbocycles. The highest BCUT2D eigenvalue weighted by atomic mass is 79.9. The second-order valence-corrected chi connectivity index (χ2v) is 6.53. The van der Waals surface area contributed by atoms with Crippen molar-refractivity contribution in [2.75, 3.05) is 24.5 Å². The Morgan fingerprint density at radius 2 is 2.14 bits per heavy atom. The van der Waals surface area contributed by atoms with Crippen LogP contribution in [-0.4, -0.2) is 29.4 Å². The molecule has 1 aromatic heterocycles. The van der Waals surface area contributed by atoms with Crippen LogP contribution >= 0.6 is 15.9 Å². The van der Waals surface area contributed by atoms with Gasteiger partial charge in [0.15, 0.2) is 0 Å². The average Bonchev–Trinajstić information content (AvgIpc) is 2.50. The van der Waals surface area contributed by atoms with Gasteiger partial charge in [-0.3, -0.25) is 4.79 Å². The highest BCUT2D eigenvalue weighted by molar-refractivity contribution is 9.10. The van der Waals surface area contributed by atoms with Crippen molar-refractivity contribution in [1.82, 2.24) is 9.78 Å². The molecule has 0 aliphatic carbocycles. The molecule has 5 nitrogen and oxygen atoms in total. The lowest BCUT2D eigenvalue weighted by Crippen LogP contribution is -2.36. The van der Waals surface area contributed by atoms with Gasteiger partial charge in [-0.2, -0.15) is 5.10 Å². The third-order valence-electron chi connectivity index (χ3n) is 4.22. The number of anilines is 1. The van der Waals surface area contributed by atoms with Crippen molar-refractivity contribution in [1.29, 1.82) is 0 Å². The van der Waals surface area contributed by atoms with E-state index in [2.05, 4.69) is 32.9 Å². The Balaban J connectivity index is 2.08. The van der Waals surface area contributed by atoms with E-state index >= 15 is 0 Å². The lowest BCUT2D eigenvalue weighted by molar-refractivity contribution is 0.385. The molecule has 1 aliphatic heterocycles. The highest BCUT2D eigenvalue weighted by Gasteiger charge is 2.22. The van der Waals surface area contributed by atoms with Crippen LogP contribution in [0.25, 0.3) is 0 Å². The number of rotatable bonds is 6. The predicted octanol–water partition coefficient (Wildman–Crippen LogP) is 2.37. The third-order valence-corrected chi connectivity index (χ3v) is 4.97. The Morgan fingerprint density at radius 3 is 2.76 bits per heavy atom. The van der Waals surface area contributed by atoms with Crippen LogP contribution in [0.5, 0.6) is 0 Å². The summed E-state index contributed by atoms with van der Waals surface area (Å²) in [5.41, 5.74) is 6.54. The second kappa shape index (κ2) is 7.94. The van der Waals surface area contributed by atoms with Gasteiger partial charge in [-0.15, -0.1) is 0 Å². The minimum absolute atomic E-state index is 0.0231. The molecule has 0 atom stereocenters. The zero-order chi connectivity index (χ0) is 15.2. The van der Waals surface area contributed by atoms with Gasteiger partial charge in [0.1, 0.15) is 4.47 Å². The van der Waals surface area contributed by atoms with Crippen LogP contribution in [0.2, 0.25) is 0 Å². The van der Waals surface area contributed by atoms with Gasteiger partial charge >= 0.3 is 0 Å². The van der Waals surface area contributed by atoms with E-state index < -0.39 is 0 Å². The quantitative estimate of drug-likeness (QED) is 0.849. The van der Waals surface area contributed by atoms with Crippen molar-refractivity contribution in [3.63, 3.8) is 0 Å². The highest BCUT2D eigenvalue weighted by Crippen LogP contribution is 2.28. The monoisotopic (exact) mass is 356 g/mol. The summed E-state index contributed by atoms with van der Waals surface area (Å²) in [6, 6.07) is 0. The van der Waals surface area contributed by atoms with Gasteiger partial charge in [-0.05, 0) is 54.1 Å². The summed E-state index contributed by atoms with van der Waals surface area (Å²) >= 11 is 3.47. The first-order chi connectivity index (χ1) is 10.2. The fourth-order valence-corrected chi connectivity index (χ4v) is 3.40. The second-order valence-electron chi connectivity index (χ2n) is 5.73. The standard InChI is InChI=1S/C15H25BrN4O/c1-2-3-8-20-15(21)14(16)13(11-18-20)19-9-5-12(4-7-17)6-10-19/h11-12H,2-10,17H2,1H3. The summed E-state index contributed by atoms with van der Waals surface area (Å²) in [6.45, 7) is 5.52. The Kier molecular flexibility index (Phi) is 6.23. The average molecular weight is 357 g/mol. The molecule has 1 aliphatic rings. The molecule has 0 unspecified atom stereocenters. The molecule has 0 radical (unpaired) electrons. The van der Waals surface area contributed by atoms with Crippen LogP contribution in [0.4, 0.5) is 5.69 Å². The van der Waals surface area contributed by atoms with Gasteiger partial charge < -0.3 is 10.6 Å². The van der Waals surface area contributed by atoms with Crippen LogP contribution < -0.4 is 16.2 Å². The molecule has 0 aromatic carbocycles. The number of aromatic nitrogens is 2. The number of hydrogen-bond acceptors (Lipinski definition) is 4. The number of nitrogens with zero attached hydrogens (tertiary/aromatic N) is 3. The molecule has 118 valence electrons. The molecule has 6 heteroatoms. The van der Waals surface area contributed by atoms with Crippen LogP contribution in [0.15, 0.2) is 15.5 Å². The Hall–Kier alpha value is -0.880. The molecule has 21 heavy (non-hydrogen) atoms. The summed E-state index contributed by atoms with van der Waals surface area (Å²) in [6.07, 6.45) is 7.24. The summed E-state index contributed by atoms with van der Waals surface area (Å²) in [5.74, 6) is 0.725. The van der Waals surface area contributed by atoms with Gasteiger partial charge in [0.25, 0.3) is 5.56 Å². The summed E-state index contributed by atoms with van der Waals surface area (Å²) in [7, 11) is 0. The predicted molar refractivity (Wildman–Crippen MR) is 89.7 cm³/mol. The van der Waals surface area contributed by atoms with Gasteiger partial charge in [0.05, 0.1) is 11.9 Å². The lowest BCUT2D eigenvalue weighted by atomic mass is 9.93.